The van der Waals surface area contributed by atoms with Crippen molar-refractivity contribution in [2.24, 2.45) is 0 Å². The van der Waals surface area contributed by atoms with Gasteiger partial charge in [-0.3, -0.25) is 4.79 Å². The average Bonchev–Trinajstić information content (AvgIpc) is 2.57. The molecule has 2 rings (SSSR count). The molecule has 0 aliphatic rings. The zero-order valence-corrected chi connectivity index (χ0v) is 9.47. The third kappa shape index (κ3) is 1.37. The van der Waals surface area contributed by atoms with Gasteiger partial charge >= 0.3 is 0 Å². The Bertz CT molecular complexity index is 526. The van der Waals surface area contributed by atoms with Gasteiger partial charge in [0.1, 0.15) is 16.9 Å². The van der Waals surface area contributed by atoms with Gasteiger partial charge in [-0.15, -0.1) is 0 Å². The maximum Gasteiger partial charge on any atom is 0.273 e. The van der Waals surface area contributed by atoms with Crippen molar-refractivity contribution in [3.8, 4) is 0 Å². The normalized spacial score (nSPS) is 11.4. The smallest absolute Gasteiger partial charge is 0.273 e. The van der Waals surface area contributed by atoms with Crippen molar-refractivity contribution in [1.29, 1.82) is 0 Å². The predicted octanol–water partition coefficient (Wildman–Crippen LogP) is 2.14. The van der Waals surface area contributed by atoms with E-state index in [4.69, 9.17) is 0 Å². The number of hydrogen-bond donors (Lipinski definition) is 2. The van der Waals surface area contributed by atoms with Gasteiger partial charge in [0.2, 0.25) is 0 Å². The standard InChI is InChI=1S/C9H10BrN3O/c1-4(2)8-12-6-5(10)3-11-9(14)7(6)13-8/h3-4H,1-2H3,(H,11,14)(H,12,13). The molecular weight excluding hydrogens is 246 g/mol. The van der Waals surface area contributed by atoms with Gasteiger partial charge in [0.15, 0.2) is 0 Å². The number of H-pyrrole nitrogens is 2. The highest BCUT2D eigenvalue weighted by molar-refractivity contribution is 9.10. The number of rotatable bonds is 1. The summed E-state index contributed by atoms with van der Waals surface area (Å²) in [5.41, 5.74) is 1.09. The summed E-state index contributed by atoms with van der Waals surface area (Å²) in [6, 6.07) is 0. The van der Waals surface area contributed by atoms with Crippen LogP contribution in [-0.2, 0) is 0 Å². The van der Waals surface area contributed by atoms with Crippen LogP contribution in [0.4, 0.5) is 0 Å². The first-order valence-corrected chi connectivity index (χ1v) is 5.15. The molecule has 14 heavy (non-hydrogen) atoms. The van der Waals surface area contributed by atoms with Crippen molar-refractivity contribution >= 4 is 27.0 Å². The van der Waals surface area contributed by atoms with Crippen LogP contribution in [0.3, 0.4) is 0 Å². The number of pyridine rings is 1. The molecule has 0 saturated carbocycles. The third-order valence-electron chi connectivity index (χ3n) is 2.05. The Morgan fingerprint density at radius 1 is 1.50 bits per heavy atom. The fourth-order valence-electron chi connectivity index (χ4n) is 1.27. The van der Waals surface area contributed by atoms with Gasteiger partial charge < -0.3 is 9.97 Å². The zero-order chi connectivity index (χ0) is 10.3. The van der Waals surface area contributed by atoms with E-state index in [0.717, 1.165) is 10.3 Å². The molecule has 2 heterocycles. The molecule has 2 N–H and O–H groups in total. The van der Waals surface area contributed by atoms with E-state index in [0.29, 0.717) is 11.0 Å². The Hall–Kier alpha value is -1.10. The topological polar surface area (TPSA) is 61.5 Å². The van der Waals surface area contributed by atoms with Crippen molar-refractivity contribution in [1.82, 2.24) is 15.0 Å². The van der Waals surface area contributed by atoms with Crippen LogP contribution in [0.25, 0.3) is 11.0 Å². The second kappa shape index (κ2) is 3.24. The molecule has 0 amide bonds. The molecule has 0 spiro atoms. The quantitative estimate of drug-likeness (QED) is 0.821. The molecule has 2 aromatic heterocycles. The second-order valence-electron chi connectivity index (χ2n) is 3.47. The molecule has 0 unspecified atom stereocenters. The lowest BCUT2D eigenvalue weighted by molar-refractivity contribution is 0.799. The lowest BCUT2D eigenvalue weighted by atomic mass is 10.2. The summed E-state index contributed by atoms with van der Waals surface area (Å²) in [6.07, 6.45) is 1.61. The van der Waals surface area contributed by atoms with E-state index >= 15 is 0 Å². The lowest BCUT2D eigenvalue weighted by Crippen LogP contribution is -2.05. The number of aromatic nitrogens is 3. The van der Waals surface area contributed by atoms with Crippen LogP contribution in [0.5, 0.6) is 0 Å². The van der Waals surface area contributed by atoms with E-state index in [9.17, 15) is 4.79 Å². The first-order valence-electron chi connectivity index (χ1n) is 4.36. The Morgan fingerprint density at radius 3 is 2.79 bits per heavy atom. The van der Waals surface area contributed by atoms with Gasteiger partial charge in [-0.1, -0.05) is 13.8 Å². The molecule has 5 heteroatoms. The minimum absolute atomic E-state index is 0.136. The summed E-state index contributed by atoms with van der Waals surface area (Å²) in [5, 5.41) is 0. The second-order valence-corrected chi connectivity index (χ2v) is 4.32. The van der Waals surface area contributed by atoms with Crippen molar-refractivity contribution < 1.29 is 0 Å². The highest BCUT2D eigenvalue weighted by Gasteiger charge is 2.10. The summed E-state index contributed by atoms with van der Waals surface area (Å²) >= 11 is 3.34. The maximum atomic E-state index is 11.4. The molecule has 0 radical (unpaired) electrons. The number of fused-ring (bicyclic) bond motifs is 1. The molecule has 0 aliphatic heterocycles. The van der Waals surface area contributed by atoms with E-state index in [1.54, 1.807) is 6.20 Å². The minimum Gasteiger partial charge on any atom is -0.337 e. The largest absolute Gasteiger partial charge is 0.337 e. The molecule has 4 nitrogen and oxygen atoms in total. The molecule has 0 fully saturated rings. The molecule has 0 atom stereocenters. The van der Waals surface area contributed by atoms with Crippen molar-refractivity contribution in [2.45, 2.75) is 19.8 Å². The third-order valence-corrected chi connectivity index (χ3v) is 2.66. The number of aromatic amines is 2. The number of nitrogens with zero attached hydrogens (tertiary/aromatic N) is 1. The fourth-order valence-corrected chi connectivity index (χ4v) is 1.67. The van der Waals surface area contributed by atoms with Gasteiger partial charge in [-0.25, -0.2) is 4.98 Å². The van der Waals surface area contributed by atoms with Crippen molar-refractivity contribution in [3.63, 3.8) is 0 Å². The lowest BCUT2D eigenvalue weighted by Gasteiger charge is -1.95. The van der Waals surface area contributed by atoms with Crippen LogP contribution < -0.4 is 5.56 Å². The number of imidazole rings is 1. The van der Waals surface area contributed by atoms with E-state index in [2.05, 4.69) is 30.9 Å². The van der Waals surface area contributed by atoms with E-state index in [1.165, 1.54) is 0 Å². The summed E-state index contributed by atoms with van der Waals surface area (Å²) in [6.45, 7) is 4.06. The van der Waals surface area contributed by atoms with Crippen LogP contribution in [0.1, 0.15) is 25.6 Å². The summed E-state index contributed by atoms with van der Waals surface area (Å²) in [7, 11) is 0. The van der Waals surface area contributed by atoms with Gasteiger partial charge in [-0.05, 0) is 15.9 Å². The summed E-state index contributed by atoms with van der Waals surface area (Å²) in [4.78, 5) is 21.4. The van der Waals surface area contributed by atoms with Gasteiger partial charge in [0, 0.05) is 12.1 Å². The van der Waals surface area contributed by atoms with Crippen molar-refractivity contribution in [2.75, 3.05) is 0 Å². The predicted molar refractivity (Wildman–Crippen MR) is 58.5 cm³/mol. The molecular formula is C9H10BrN3O. The van der Waals surface area contributed by atoms with Crippen LogP contribution in [0.15, 0.2) is 15.5 Å². The number of hydrogen-bond acceptors (Lipinski definition) is 2. The Balaban J connectivity index is 2.82. The highest BCUT2D eigenvalue weighted by Crippen LogP contribution is 2.20. The molecule has 0 bridgehead atoms. The maximum absolute atomic E-state index is 11.4. The first-order chi connectivity index (χ1) is 6.59. The SMILES string of the molecule is CC(C)c1nc2c(Br)c[nH]c(=O)c2[nH]1. The molecule has 0 aromatic carbocycles. The van der Waals surface area contributed by atoms with Crippen LogP contribution in [-0.4, -0.2) is 15.0 Å². The van der Waals surface area contributed by atoms with Gasteiger partial charge in [-0.2, -0.15) is 0 Å². The van der Waals surface area contributed by atoms with Crippen LogP contribution in [0.2, 0.25) is 0 Å². The van der Waals surface area contributed by atoms with Crippen LogP contribution >= 0.6 is 15.9 Å². The highest BCUT2D eigenvalue weighted by atomic mass is 79.9. The Morgan fingerprint density at radius 2 is 2.21 bits per heavy atom. The summed E-state index contributed by atoms with van der Waals surface area (Å²) < 4.78 is 0.801. The number of nitrogens with one attached hydrogen (secondary N) is 2. The molecule has 0 aliphatic carbocycles. The van der Waals surface area contributed by atoms with E-state index in [-0.39, 0.29) is 11.5 Å². The molecule has 74 valence electrons. The first kappa shape index (κ1) is 9.45. The van der Waals surface area contributed by atoms with Gasteiger partial charge in [0.25, 0.3) is 5.56 Å². The number of halogens is 1. The summed E-state index contributed by atoms with van der Waals surface area (Å²) in [5.74, 6) is 1.12. The fraction of sp³-hybridized carbons (Fsp3) is 0.333. The van der Waals surface area contributed by atoms with E-state index in [1.807, 2.05) is 13.8 Å². The Labute approximate surface area is 88.9 Å². The average molecular weight is 256 g/mol. The monoisotopic (exact) mass is 255 g/mol. The minimum atomic E-state index is -0.136. The zero-order valence-electron chi connectivity index (χ0n) is 7.89. The molecule has 0 saturated heterocycles. The molecule has 2 aromatic rings. The van der Waals surface area contributed by atoms with Gasteiger partial charge in [0.05, 0.1) is 4.47 Å². The van der Waals surface area contributed by atoms with Crippen LogP contribution in [0, 0.1) is 0 Å². The Kier molecular flexibility index (Phi) is 2.19. The van der Waals surface area contributed by atoms with E-state index < -0.39 is 0 Å². The van der Waals surface area contributed by atoms with Crippen molar-refractivity contribution in [3.05, 3.63) is 26.8 Å².